The summed E-state index contributed by atoms with van der Waals surface area (Å²) in [5, 5.41) is 11.5. The molecular weight excluding hydrogens is 456 g/mol. The van der Waals surface area contributed by atoms with Gasteiger partial charge in [0.1, 0.15) is 5.76 Å². The molecule has 1 aliphatic rings. The third kappa shape index (κ3) is 3.57. The number of anilines is 1. The normalized spacial score (nSPS) is 18.3. The van der Waals surface area contributed by atoms with Gasteiger partial charge in [0.05, 0.1) is 23.5 Å². The van der Waals surface area contributed by atoms with E-state index in [-0.39, 0.29) is 11.3 Å². The molecule has 1 saturated heterocycles. The van der Waals surface area contributed by atoms with Crippen LogP contribution in [0.5, 0.6) is 0 Å². The summed E-state index contributed by atoms with van der Waals surface area (Å²) in [6, 6.07) is 16.3. The molecule has 4 rings (SSSR count). The minimum atomic E-state index is -0.789. The van der Waals surface area contributed by atoms with Crippen molar-refractivity contribution in [2.24, 2.45) is 0 Å². The van der Waals surface area contributed by atoms with Gasteiger partial charge < -0.3 is 5.11 Å². The second kappa shape index (κ2) is 7.81. The molecule has 0 bridgehead atoms. The van der Waals surface area contributed by atoms with Crippen LogP contribution in [-0.4, -0.2) is 21.8 Å². The molecule has 7 heteroatoms. The van der Waals surface area contributed by atoms with E-state index in [0.29, 0.717) is 21.8 Å². The van der Waals surface area contributed by atoms with E-state index in [2.05, 4.69) is 20.9 Å². The van der Waals surface area contributed by atoms with Crippen molar-refractivity contribution in [2.75, 3.05) is 4.90 Å². The lowest BCUT2D eigenvalue weighted by atomic mass is 9.95. The maximum Gasteiger partial charge on any atom is 0.300 e. The zero-order chi connectivity index (χ0) is 20.5. The quantitative estimate of drug-likeness (QED) is 0.328. The van der Waals surface area contributed by atoms with Crippen LogP contribution < -0.4 is 4.90 Å². The van der Waals surface area contributed by atoms with Crippen LogP contribution in [0.4, 0.5) is 5.69 Å². The summed E-state index contributed by atoms with van der Waals surface area (Å²) in [6.45, 7) is 0. The zero-order valence-corrected chi connectivity index (χ0v) is 17.3. The molecule has 5 nitrogen and oxygen atoms in total. The number of benzene rings is 2. The summed E-state index contributed by atoms with van der Waals surface area (Å²) >= 11 is 9.33. The van der Waals surface area contributed by atoms with Crippen LogP contribution in [0, 0.1) is 0 Å². The molecule has 2 heterocycles. The molecule has 0 aliphatic carbocycles. The van der Waals surface area contributed by atoms with E-state index < -0.39 is 17.7 Å². The van der Waals surface area contributed by atoms with Crippen molar-refractivity contribution in [3.63, 3.8) is 0 Å². The summed E-state index contributed by atoms with van der Waals surface area (Å²) in [5.74, 6) is -1.73. The molecule has 1 aromatic heterocycles. The van der Waals surface area contributed by atoms with Crippen molar-refractivity contribution < 1.29 is 14.7 Å². The van der Waals surface area contributed by atoms with E-state index >= 15 is 0 Å². The second-order valence-corrected chi connectivity index (χ2v) is 7.79. The number of hydrogen-bond acceptors (Lipinski definition) is 4. The molecule has 1 aliphatic heterocycles. The standard InChI is InChI=1S/C22H14BrClN2O3/c23-15-7-3-13(4-8-15)19-18(20(27)14-5-9-16(24)10-6-14)21(28)22(29)26(19)17-2-1-11-25-12-17/h1-12,19,27H/t19-/m0/s1. The number of Topliss-reactive ketones (excluding diaryl/α,β-unsaturated/α-hetero) is 1. The highest BCUT2D eigenvalue weighted by molar-refractivity contribution is 9.10. The number of halogens is 2. The summed E-state index contributed by atoms with van der Waals surface area (Å²) in [7, 11) is 0. The molecule has 1 N–H and O–H groups in total. The average molecular weight is 470 g/mol. The van der Waals surface area contributed by atoms with Crippen LogP contribution >= 0.6 is 27.5 Å². The Bertz CT molecular complexity index is 1110. The zero-order valence-electron chi connectivity index (χ0n) is 14.9. The van der Waals surface area contributed by atoms with Gasteiger partial charge in [0, 0.05) is 21.3 Å². The number of carbonyl (C=O) groups is 2. The Balaban J connectivity index is 1.94. The lowest BCUT2D eigenvalue weighted by molar-refractivity contribution is -0.132. The van der Waals surface area contributed by atoms with Gasteiger partial charge >= 0.3 is 0 Å². The Labute approximate surface area is 180 Å². The van der Waals surface area contributed by atoms with Crippen molar-refractivity contribution >= 4 is 50.7 Å². The number of rotatable bonds is 3. The minimum absolute atomic E-state index is 0.0171. The van der Waals surface area contributed by atoms with Crippen LogP contribution in [0.1, 0.15) is 17.2 Å². The van der Waals surface area contributed by atoms with Crippen molar-refractivity contribution in [1.29, 1.82) is 0 Å². The molecule has 0 saturated carbocycles. The Kier molecular flexibility index (Phi) is 5.22. The van der Waals surface area contributed by atoms with E-state index in [1.807, 2.05) is 12.1 Å². The highest BCUT2D eigenvalue weighted by Crippen LogP contribution is 2.42. The first kappa shape index (κ1) is 19.4. The number of hydrogen-bond donors (Lipinski definition) is 1. The maximum atomic E-state index is 13.0. The lowest BCUT2D eigenvalue weighted by Gasteiger charge is -2.25. The van der Waals surface area contributed by atoms with Crippen molar-refractivity contribution in [2.45, 2.75) is 6.04 Å². The van der Waals surface area contributed by atoms with Gasteiger partial charge in [-0.2, -0.15) is 0 Å². The Hall–Kier alpha value is -2.96. The van der Waals surface area contributed by atoms with Crippen molar-refractivity contribution in [1.82, 2.24) is 4.98 Å². The second-order valence-electron chi connectivity index (χ2n) is 6.44. The summed E-state index contributed by atoms with van der Waals surface area (Å²) in [4.78, 5) is 31.3. The molecule has 1 atom stereocenters. The number of pyridine rings is 1. The van der Waals surface area contributed by atoms with Gasteiger partial charge in [0.25, 0.3) is 11.7 Å². The van der Waals surface area contributed by atoms with Crippen LogP contribution in [0.25, 0.3) is 5.76 Å². The Morgan fingerprint density at radius 2 is 1.72 bits per heavy atom. The molecule has 2 aromatic carbocycles. The smallest absolute Gasteiger partial charge is 0.300 e. The third-order valence-corrected chi connectivity index (χ3v) is 5.45. The minimum Gasteiger partial charge on any atom is -0.507 e. The third-order valence-electron chi connectivity index (χ3n) is 4.67. The maximum absolute atomic E-state index is 13.0. The van der Waals surface area contributed by atoms with Crippen LogP contribution in [0.2, 0.25) is 5.02 Å². The van der Waals surface area contributed by atoms with E-state index in [1.165, 1.54) is 11.1 Å². The molecule has 0 radical (unpaired) electrons. The molecule has 144 valence electrons. The van der Waals surface area contributed by atoms with Gasteiger partial charge in [-0.1, -0.05) is 39.7 Å². The van der Waals surface area contributed by atoms with Gasteiger partial charge in [-0.15, -0.1) is 0 Å². The number of ketones is 1. The monoisotopic (exact) mass is 468 g/mol. The molecule has 0 unspecified atom stereocenters. The highest BCUT2D eigenvalue weighted by atomic mass is 79.9. The van der Waals surface area contributed by atoms with Gasteiger partial charge in [-0.25, -0.2) is 0 Å². The SMILES string of the molecule is O=C1C(=O)N(c2cccnc2)[C@@H](c2ccc(Br)cc2)C1=C(O)c1ccc(Cl)cc1. The van der Waals surface area contributed by atoms with Crippen LogP contribution in [0.3, 0.4) is 0 Å². The van der Waals surface area contributed by atoms with Gasteiger partial charge in [-0.3, -0.25) is 19.5 Å². The van der Waals surface area contributed by atoms with Crippen LogP contribution in [-0.2, 0) is 9.59 Å². The Morgan fingerprint density at radius 1 is 1.03 bits per heavy atom. The van der Waals surface area contributed by atoms with Gasteiger partial charge in [-0.05, 0) is 54.1 Å². The predicted molar refractivity (Wildman–Crippen MR) is 115 cm³/mol. The van der Waals surface area contributed by atoms with E-state index in [9.17, 15) is 14.7 Å². The lowest BCUT2D eigenvalue weighted by Crippen LogP contribution is -2.29. The Morgan fingerprint density at radius 3 is 2.34 bits per heavy atom. The first-order valence-electron chi connectivity index (χ1n) is 8.70. The highest BCUT2D eigenvalue weighted by Gasteiger charge is 2.47. The first-order chi connectivity index (χ1) is 14.0. The molecule has 3 aromatic rings. The fourth-order valence-electron chi connectivity index (χ4n) is 3.32. The fourth-order valence-corrected chi connectivity index (χ4v) is 3.71. The number of carbonyl (C=O) groups excluding carboxylic acids is 2. The van der Waals surface area contributed by atoms with Crippen LogP contribution in [0.15, 0.2) is 83.1 Å². The van der Waals surface area contributed by atoms with Crippen molar-refractivity contribution in [3.05, 3.63) is 99.3 Å². The number of aliphatic hydroxyl groups is 1. The molecule has 1 amide bonds. The average Bonchev–Trinajstić information content (AvgIpc) is 3.00. The van der Waals surface area contributed by atoms with E-state index in [4.69, 9.17) is 11.6 Å². The summed E-state index contributed by atoms with van der Waals surface area (Å²) < 4.78 is 0.859. The number of aliphatic hydroxyl groups excluding tert-OH is 1. The number of nitrogens with zero attached hydrogens (tertiary/aromatic N) is 2. The van der Waals surface area contributed by atoms with E-state index in [1.54, 1.807) is 54.7 Å². The molecule has 0 spiro atoms. The number of amides is 1. The first-order valence-corrected chi connectivity index (χ1v) is 9.87. The van der Waals surface area contributed by atoms with Gasteiger partial charge in [0.2, 0.25) is 0 Å². The predicted octanol–water partition coefficient (Wildman–Crippen LogP) is 5.12. The fraction of sp³-hybridized carbons (Fsp3) is 0.0455. The number of aromatic nitrogens is 1. The van der Waals surface area contributed by atoms with E-state index in [0.717, 1.165) is 4.47 Å². The molecule has 1 fully saturated rings. The van der Waals surface area contributed by atoms with Crippen molar-refractivity contribution in [3.8, 4) is 0 Å². The molecule has 29 heavy (non-hydrogen) atoms. The molecular formula is C22H14BrClN2O3. The largest absolute Gasteiger partial charge is 0.507 e. The topological polar surface area (TPSA) is 70.5 Å². The van der Waals surface area contributed by atoms with Gasteiger partial charge in [0.15, 0.2) is 0 Å². The summed E-state index contributed by atoms with van der Waals surface area (Å²) in [5.41, 5.74) is 1.58. The summed E-state index contributed by atoms with van der Waals surface area (Å²) in [6.07, 6.45) is 3.10.